The van der Waals surface area contributed by atoms with Crippen molar-refractivity contribution in [1.29, 1.82) is 0 Å². The number of rotatable bonds is 5. The van der Waals surface area contributed by atoms with Crippen LogP contribution in [0.2, 0.25) is 0 Å². The highest BCUT2D eigenvalue weighted by molar-refractivity contribution is 8.13. The topological polar surface area (TPSA) is 101 Å². The molecule has 0 saturated heterocycles. The number of aliphatic hydroxyl groups excluding tert-OH is 1. The van der Waals surface area contributed by atoms with Crippen LogP contribution in [-0.2, 0) is 9.59 Å². The fourth-order valence-corrected chi connectivity index (χ4v) is 1.34. The molecule has 0 fully saturated rings. The van der Waals surface area contributed by atoms with E-state index in [1.165, 1.54) is 6.92 Å². The van der Waals surface area contributed by atoms with Gasteiger partial charge in [-0.25, -0.2) is 0 Å². The van der Waals surface area contributed by atoms with E-state index in [0.29, 0.717) is 5.75 Å². The molecule has 0 aliphatic heterocycles. The Kier molecular flexibility index (Phi) is 5.68. The van der Waals surface area contributed by atoms with Crippen molar-refractivity contribution in [1.82, 2.24) is 0 Å². The van der Waals surface area contributed by atoms with Crippen LogP contribution in [0.1, 0.15) is 13.3 Å². The molecular formula is C7H13NO4S. The summed E-state index contributed by atoms with van der Waals surface area (Å²) in [5.41, 5.74) is 5.19. The van der Waals surface area contributed by atoms with Crippen molar-refractivity contribution in [2.24, 2.45) is 5.73 Å². The molecule has 5 nitrogen and oxygen atoms in total. The molecule has 0 aromatic heterocycles. The van der Waals surface area contributed by atoms with Crippen molar-refractivity contribution in [2.75, 3.05) is 5.75 Å². The molecule has 0 aromatic carbocycles. The number of aliphatic carboxylic acids is 1. The lowest BCUT2D eigenvalue weighted by Crippen LogP contribution is -2.30. The van der Waals surface area contributed by atoms with Crippen molar-refractivity contribution < 1.29 is 19.8 Å². The van der Waals surface area contributed by atoms with Gasteiger partial charge in [-0.15, -0.1) is 0 Å². The van der Waals surface area contributed by atoms with Crippen LogP contribution < -0.4 is 5.73 Å². The summed E-state index contributed by atoms with van der Waals surface area (Å²) >= 11 is 0.898. The van der Waals surface area contributed by atoms with Crippen molar-refractivity contribution >= 4 is 22.8 Å². The second-order valence-electron chi connectivity index (χ2n) is 2.58. The highest BCUT2D eigenvalue weighted by Crippen LogP contribution is 2.08. The SMILES string of the molecule is CC(O)C(=O)SCCC(N)C(=O)O. The van der Waals surface area contributed by atoms with Gasteiger partial charge in [0.1, 0.15) is 12.1 Å². The third-order valence-corrected chi connectivity index (χ3v) is 2.40. The Morgan fingerprint density at radius 1 is 1.54 bits per heavy atom. The molecule has 0 amide bonds. The summed E-state index contributed by atoms with van der Waals surface area (Å²) in [5.74, 6) is -0.762. The molecule has 0 aliphatic carbocycles. The number of carbonyl (C=O) groups is 2. The van der Waals surface area contributed by atoms with E-state index in [4.69, 9.17) is 15.9 Å². The molecule has 0 bridgehead atoms. The van der Waals surface area contributed by atoms with Crippen LogP contribution in [0.5, 0.6) is 0 Å². The third kappa shape index (κ3) is 5.62. The van der Waals surface area contributed by atoms with Crippen molar-refractivity contribution in [3.8, 4) is 0 Å². The monoisotopic (exact) mass is 207 g/mol. The first-order valence-electron chi connectivity index (χ1n) is 3.78. The molecule has 0 heterocycles. The first kappa shape index (κ1) is 12.4. The van der Waals surface area contributed by atoms with E-state index in [1.54, 1.807) is 0 Å². The van der Waals surface area contributed by atoms with Crippen LogP contribution >= 0.6 is 11.8 Å². The maximum atomic E-state index is 10.8. The van der Waals surface area contributed by atoms with Gasteiger partial charge in [0.15, 0.2) is 0 Å². The van der Waals surface area contributed by atoms with Crippen LogP contribution in [0, 0.1) is 0 Å². The van der Waals surface area contributed by atoms with E-state index >= 15 is 0 Å². The number of carboxylic acids is 1. The van der Waals surface area contributed by atoms with Gasteiger partial charge in [-0.2, -0.15) is 0 Å². The highest BCUT2D eigenvalue weighted by atomic mass is 32.2. The molecule has 6 heteroatoms. The van der Waals surface area contributed by atoms with Gasteiger partial charge in [0.05, 0.1) is 0 Å². The number of nitrogens with two attached hydrogens (primary N) is 1. The third-order valence-electron chi connectivity index (χ3n) is 1.33. The first-order valence-corrected chi connectivity index (χ1v) is 4.76. The maximum Gasteiger partial charge on any atom is 0.320 e. The van der Waals surface area contributed by atoms with Gasteiger partial charge in [-0.1, -0.05) is 11.8 Å². The molecule has 0 saturated carbocycles. The Bertz CT molecular complexity index is 195. The summed E-state index contributed by atoms with van der Waals surface area (Å²) in [4.78, 5) is 21.1. The number of aliphatic hydroxyl groups is 1. The second kappa shape index (κ2) is 5.95. The molecule has 0 spiro atoms. The Balaban J connectivity index is 3.56. The first-order chi connectivity index (χ1) is 5.95. The van der Waals surface area contributed by atoms with Crippen LogP contribution in [0.25, 0.3) is 0 Å². The maximum absolute atomic E-state index is 10.8. The smallest absolute Gasteiger partial charge is 0.320 e. The van der Waals surface area contributed by atoms with Crippen molar-refractivity contribution in [3.63, 3.8) is 0 Å². The van der Waals surface area contributed by atoms with E-state index in [0.717, 1.165) is 11.8 Å². The van der Waals surface area contributed by atoms with Crippen LogP contribution in [0.4, 0.5) is 0 Å². The van der Waals surface area contributed by atoms with Gasteiger partial charge >= 0.3 is 5.97 Å². The van der Waals surface area contributed by atoms with Crippen molar-refractivity contribution in [3.05, 3.63) is 0 Å². The Labute approximate surface area is 80.3 Å². The van der Waals surface area contributed by atoms with E-state index in [2.05, 4.69) is 0 Å². The van der Waals surface area contributed by atoms with Gasteiger partial charge < -0.3 is 15.9 Å². The predicted octanol–water partition coefficient (Wildman–Crippen LogP) is -0.571. The predicted molar refractivity (Wildman–Crippen MR) is 49.4 cm³/mol. The molecule has 0 aromatic rings. The quantitative estimate of drug-likeness (QED) is 0.558. The fourth-order valence-electron chi connectivity index (χ4n) is 0.531. The highest BCUT2D eigenvalue weighted by Gasteiger charge is 2.14. The number of thioether (sulfide) groups is 1. The van der Waals surface area contributed by atoms with Gasteiger partial charge in [0.2, 0.25) is 5.12 Å². The fraction of sp³-hybridized carbons (Fsp3) is 0.714. The van der Waals surface area contributed by atoms with E-state index in [9.17, 15) is 9.59 Å². The van der Waals surface area contributed by atoms with Crippen molar-refractivity contribution in [2.45, 2.75) is 25.5 Å². The summed E-state index contributed by atoms with van der Waals surface area (Å²) in [6.07, 6.45) is -0.788. The number of hydrogen-bond acceptors (Lipinski definition) is 5. The van der Waals surface area contributed by atoms with E-state index in [1.807, 2.05) is 0 Å². The zero-order valence-corrected chi connectivity index (χ0v) is 8.08. The largest absolute Gasteiger partial charge is 0.480 e. The average molecular weight is 207 g/mol. The number of carboxylic acid groups (broad SMARTS) is 1. The Morgan fingerprint density at radius 2 is 2.08 bits per heavy atom. The summed E-state index contributed by atoms with van der Waals surface area (Å²) in [6.45, 7) is 1.37. The molecule has 0 rings (SSSR count). The summed E-state index contributed by atoms with van der Waals surface area (Å²) in [7, 11) is 0. The minimum Gasteiger partial charge on any atom is -0.480 e. The Hall–Kier alpha value is -0.590. The summed E-state index contributed by atoms with van der Waals surface area (Å²) in [6, 6.07) is -0.936. The van der Waals surface area contributed by atoms with Crippen LogP contribution in [-0.4, -0.2) is 39.2 Å². The molecule has 0 radical (unpaired) electrons. The van der Waals surface area contributed by atoms with Gasteiger partial charge in [0.25, 0.3) is 0 Å². The van der Waals surface area contributed by atoms with E-state index in [-0.39, 0.29) is 11.5 Å². The molecule has 0 aliphatic rings. The van der Waals surface area contributed by atoms with Gasteiger partial charge in [-0.05, 0) is 13.3 Å². The average Bonchev–Trinajstić information content (AvgIpc) is 2.03. The minimum atomic E-state index is -1.08. The lowest BCUT2D eigenvalue weighted by Gasteiger charge is -2.05. The lowest BCUT2D eigenvalue weighted by molar-refractivity contribution is -0.138. The molecular weight excluding hydrogens is 194 g/mol. The molecule has 2 atom stereocenters. The van der Waals surface area contributed by atoms with Gasteiger partial charge in [-0.3, -0.25) is 9.59 Å². The minimum absolute atomic E-state index is 0.221. The Morgan fingerprint density at radius 3 is 2.46 bits per heavy atom. The normalized spacial score (nSPS) is 15.0. The van der Waals surface area contributed by atoms with Crippen LogP contribution in [0.15, 0.2) is 0 Å². The number of carbonyl (C=O) groups excluding carboxylic acids is 1. The molecule has 76 valence electrons. The second-order valence-corrected chi connectivity index (χ2v) is 3.68. The molecule has 4 N–H and O–H groups in total. The zero-order chi connectivity index (χ0) is 10.4. The lowest BCUT2D eigenvalue weighted by atomic mass is 10.2. The zero-order valence-electron chi connectivity index (χ0n) is 7.27. The standard InChI is InChI=1S/C7H13NO4S/c1-4(9)7(12)13-3-2-5(8)6(10)11/h4-5,9H,2-3,8H2,1H3,(H,10,11). The van der Waals surface area contributed by atoms with Crippen LogP contribution in [0.3, 0.4) is 0 Å². The molecule has 13 heavy (non-hydrogen) atoms. The summed E-state index contributed by atoms with van der Waals surface area (Å²) in [5, 5.41) is 16.8. The van der Waals surface area contributed by atoms with Gasteiger partial charge in [0, 0.05) is 5.75 Å². The number of hydrogen-bond donors (Lipinski definition) is 3. The van der Waals surface area contributed by atoms with E-state index < -0.39 is 18.1 Å². The molecule has 2 unspecified atom stereocenters. The summed E-state index contributed by atoms with van der Waals surface area (Å²) < 4.78 is 0.